The minimum atomic E-state index is -0.855. The van der Waals surface area contributed by atoms with Crippen LogP contribution in [0.4, 0.5) is 16.2 Å². The summed E-state index contributed by atoms with van der Waals surface area (Å²) in [5, 5.41) is 6.96. The number of carbonyl (C=O) groups excluding carboxylic acids is 3. The molecule has 32 heavy (non-hydrogen) atoms. The molecule has 0 heterocycles. The monoisotopic (exact) mass is 460 g/mol. The summed E-state index contributed by atoms with van der Waals surface area (Å²) in [5.41, 5.74) is 3.15. The number of ether oxygens (including phenoxy) is 1. The largest absolute Gasteiger partial charge is 0.444 e. The second kappa shape index (κ2) is 10.9. The van der Waals surface area contributed by atoms with E-state index < -0.39 is 29.6 Å². The Morgan fingerprint density at radius 3 is 2.31 bits per heavy atom. The molecule has 0 saturated heterocycles. The topological polar surface area (TPSA) is 99.8 Å². The summed E-state index contributed by atoms with van der Waals surface area (Å²) in [6.45, 7) is 6.95. The molecule has 9 heteroatoms. The number of hydrogen-bond donors (Lipinski definition) is 3. The van der Waals surface area contributed by atoms with Gasteiger partial charge in [-0.3, -0.25) is 20.0 Å². The van der Waals surface area contributed by atoms with E-state index in [1.807, 2.05) is 30.3 Å². The Bertz CT molecular complexity index is 960. The highest BCUT2D eigenvalue weighted by Crippen LogP contribution is 2.25. The first kappa shape index (κ1) is 25.0. The summed E-state index contributed by atoms with van der Waals surface area (Å²) in [4.78, 5) is 37.8. The second-order valence-electron chi connectivity index (χ2n) is 8.09. The predicted octanol–water partition coefficient (Wildman–Crippen LogP) is 4.36. The summed E-state index contributed by atoms with van der Waals surface area (Å²) in [6, 6.07) is 13.1. The van der Waals surface area contributed by atoms with Crippen LogP contribution in [0.15, 0.2) is 48.5 Å². The van der Waals surface area contributed by atoms with E-state index >= 15 is 0 Å². The minimum absolute atomic E-state index is 0.109. The molecule has 2 rings (SSSR count). The molecule has 3 amide bonds. The lowest BCUT2D eigenvalue weighted by molar-refractivity contribution is -0.118. The lowest BCUT2D eigenvalue weighted by atomic mass is 10.1. The molecule has 8 nitrogen and oxygen atoms in total. The van der Waals surface area contributed by atoms with Crippen LogP contribution in [-0.2, 0) is 9.53 Å². The van der Waals surface area contributed by atoms with E-state index in [1.165, 1.54) is 0 Å². The summed E-state index contributed by atoms with van der Waals surface area (Å²) in [7, 11) is 1.69. The Morgan fingerprint density at radius 1 is 1.06 bits per heavy atom. The number of halogens is 1. The van der Waals surface area contributed by atoms with Gasteiger partial charge in [-0.1, -0.05) is 42.8 Å². The second-order valence-corrected chi connectivity index (χ2v) is 8.50. The van der Waals surface area contributed by atoms with E-state index in [1.54, 1.807) is 58.0 Å². The highest BCUT2D eigenvalue weighted by molar-refractivity contribution is 6.34. The fraction of sp³-hybridized carbons (Fsp3) is 0.348. The number of nitrogens with zero attached hydrogens (tertiary/aromatic N) is 1. The number of para-hydroxylation sites is 1. The molecular formula is C23H29ClN4O4. The smallest absolute Gasteiger partial charge is 0.408 e. The van der Waals surface area contributed by atoms with Crippen molar-refractivity contribution in [2.24, 2.45) is 0 Å². The van der Waals surface area contributed by atoms with Crippen LogP contribution < -0.4 is 21.1 Å². The molecule has 0 aliphatic heterocycles. The molecule has 2 aromatic rings. The van der Waals surface area contributed by atoms with Crippen molar-refractivity contribution in [1.29, 1.82) is 0 Å². The third-order valence-corrected chi connectivity index (χ3v) is 4.64. The number of rotatable bonds is 7. The van der Waals surface area contributed by atoms with Crippen molar-refractivity contribution in [1.82, 2.24) is 10.7 Å². The van der Waals surface area contributed by atoms with Crippen LogP contribution in [0.3, 0.4) is 0 Å². The Balaban J connectivity index is 2.16. The third kappa shape index (κ3) is 7.16. The Hall–Kier alpha value is -3.26. The van der Waals surface area contributed by atoms with Crippen LogP contribution in [0.25, 0.3) is 0 Å². The van der Waals surface area contributed by atoms with Gasteiger partial charge in [0, 0.05) is 7.05 Å². The van der Waals surface area contributed by atoms with E-state index in [9.17, 15) is 14.4 Å². The molecular weight excluding hydrogens is 432 g/mol. The minimum Gasteiger partial charge on any atom is -0.444 e. The first-order valence-electron chi connectivity index (χ1n) is 10.2. The maximum atomic E-state index is 12.9. The van der Waals surface area contributed by atoms with Crippen molar-refractivity contribution in [2.75, 3.05) is 17.4 Å². The number of carbonyl (C=O) groups is 3. The maximum absolute atomic E-state index is 12.9. The summed E-state index contributed by atoms with van der Waals surface area (Å²) >= 11 is 6.29. The highest BCUT2D eigenvalue weighted by Gasteiger charge is 2.25. The molecule has 0 unspecified atom stereocenters. The Morgan fingerprint density at radius 2 is 1.72 bits per heavy atom. The molecule has 0 aromatic heterocycles. The van der Waals surface area contributed by atoms with Crippen LogP contribution in [0.1, 0.15) is 44.5 Å². The Kier molecular flexibility index (Phi) is 8.48. The van der Waals surface area contributed by atoms with Gasteiger partial charge >= 0.3 is 6.09 Å². The molecule has 0 spiro atoms. The van der Waals surface area contributed by atoms with Gasteiger partial charge in [-0.2, -0.15) is 0 Å². The summed E-state index contributed by atoms with van der Waals surface area (Å²) < 4.78 is 5.22. The van der Waals surface area contributed by atoms with Gasteiger partial charge in [-0.05, 0) is 51.5 Å². The fourth-order valence-corrected chi connectivity index (χ4v) is 3.07. The predicted molar refractivity (Wildman–Crippen MR) is 126 cm³/mol. The van der Waals surface area contributed by atoms with Crippen molar-refractivity contribution in [3.05, 3.63) is 59.1 Å². The highest BCUT2D eigenvalue weighted by atomic mass is 35.5. The molecule has 172 valence electrons. The molecule has 0 aliphatic carbocycles. The zero-order valence-corrected chi connectivity index (χ0v) is 19.6. The summed E-state index contributed by atoms with van der Waals surface area (Å²) in [5.74, 6) is -0.989. The molecule has 0 saturated carbocycles. The SMILES string of the molecule is CC[C@H](NC(=O)OC(C)(C)C)C(=O)Nc1cccc(Cl)c1C(=O)NN(C)c1ccccc1. The quantitative estimate of drug-likeness (QED) is 0.533. The summed E-state index contributed by atoms with van der Waals surface area (Å²) in [6.07, 6.45) is -0.378. The van der Waals surface area contributed by atoms with Gasteiger partial charge in [0.1, 0.15) is 11.6 Å². The lowest BCUT2D eigenvalue weighted by Gasteiger charge is -2.24. The first-order valence-corrected chi connectivity index (χ1v) is 10.6. The van der Waals surface area contributed by atoms with Gasteiger partial charge in [-0.15, -0.1) is 0 Å². The van der Waals surface area contributed by atoms with Gasteiger partial charge in [0.2, 0.25) is 5.91 Å². The molecule has 1 atom stereocenters. The van der Waals surface area contributed by atoms with Gasteiger partial charge in [0.15, 0.2) is 0 Å². The number of benzene rings is 2. The van der Waals surface area contributed by atoms with Gasteiger partial charge < -0.3 is 15.4 Å². The zero-order chi connectivity index (χ0) is 23.9. The van der Waals surface area contributed by atoms with Crippen molar-refractivity contribution in [3.63, 3.8) is 0 Å². The van der Waals surface area contributed by atoms with Crippen molar-refractivity contribution in [2.45, 2.75) is 45.8 Å². The molecule has 0 aliphatic rings. The van der Waals surface area contributed by atoms with Crippen molar-refractivity contribution < 1.29 is 19.1 Å². The Labute approximate surface area is 193 Å². The van der Waals surface area contributed by atoms with Crippen molar-refractivity contribution >= 4 is 40.9 Å². The average molecular weight is 461 g/mol. The maximum Gasteiger partial charge on any atom is 0.408 e. The van der Waals surface area contributed by atoms with Crippen LogP contribution in [0.2, 0.25) is 5.02 Å². The molecule has 3 N–H and O–H groups in total. The number of amides is 3. The van der Waals surface area contributed by atoms with E-state index in [2.05, 4.69) is 16.1 Å². The number of hydrazine groups is 1. The molecule has 2 aromatic carbocycles. The number of hydrogen-bond acceptors (Lipinski definition) is 5. The number of anilines is 2. The fourth-order valence-electron chi connectivity index (χ4n) is 2.81. The van der Waals surface area contributed by atoms with Gasteiger partial charge in [0.05, 0.1) is 22.0 Å². The van der Waals surface area contributed by atoms with Crippen LogP contribution >= 0.6 is 11.6 Å². The zero-order valence-electron chi connectivity index (χ0n) is 18.9. The normalized spacial score (nSPS) is 11.8. The van der Waals surface area contributed by atoms with Gasteiger partial charge in [0.25, 0.3) is 5.91 Å². The van der Waals surface area contributed by atoms with E-state index in [-0.39, 0.29) is 16.3 Å². The van der Waals surface area contributed by atoms with Gasteiger partial charge in [-0.25, -0.2) is 4.79 Å². The third-order valence-electron chi connectivity index (χ3n) is 4.33. The van der Waals surface area contributed by atoms with E-state index in [0.29, 0.717) is 6.42 Å². The van der Waals surface area contributed by atoms with Crippen LogP contribution in [-0.4, -0.2) is 36.6 Å². The molecule has 0 bridgehead atoms. The van der Waals surface area contributed by atoms with Crippen molar-refractivity contribution in [3.8, 4) is 0 Å². The van der Waals surface area contributed by atoms with Crippen LogP contribution in [0, 0.1) is 0 Å². The standard InChI is InChI=1S/C23H29ClN4O4/c1-6-17(26-22(31)32-23(2,3)4)20(29)25-18-14-10-13-16(24)19(18)21(30)27-28(5)15-11-8-7-9-12-15/h7-14,17H,6H2,1-5H3,(H,25,29)(H,26,31)(H,27,30)/t17-/m0/s1. The number of alkyl carbamates (subject to hydrolysis) is 1. The first-order chi connectivity index (χ1) is 15.0. The lowest BCUT2D eigenvalue weighted by Crippen LogP contribution is -2.45. The molecule has 0 radical (unpaired) electrons. The average Bonchev–Trinajstić information content (AvgIpc) is 2.71. The molecule has 0 fully saturated rings. The van der Waals surface area contributed by atoms with E-state index in [0.717, 1.165) is 5.69 Å². The van der Waals surface area contributed by atoms with E-state index in [4.69, 9.17) is 16.3 Å². The van der Waals surface area contributed by atoms with Crippen LogP contribution in [0.5, 0.6) is 0 Å². The number of nitrogens with one attached hydrogen (secondary N) is 3.